The van der Waals surface area contributed by atoms with E-state index in [2.05, 4.69) is 20.3 Å². The number of amides is 2. The minimum Gasteiger partial charge on any atom is -0.497 e. The molecule has 1 aliphatic heterocycles. The first-order valence-corrected chi connectivity index (χ1v) is 12.7. The summed E-state index contributed by atoms with van der Waals surface area (Å²) in [6.45, 7) is 3.36. The number of benzene rings is 2. The van der Waals surface area contributed by atoms with Crippen LogP contribution < -0.4 is 20.1 Å². The lowest BCUT2D eigenvalue weighted by molar-refractivity contribution is -0.125. The summed E-state index contributed by atoms with van der Waals surface area (Å²) >= 11 is 0. The van der Waals surface area contributed by atoms with Crippen molar-refractivity contribution in [1.82, 2.24) is 10.3 Å². The van der Waals surface area contributed by atoms with Crippen molar-refractivity contribution < 1.29 is 27.2 Å². The highest BCUT2D eigenvalue weighted by atomic mass is 32.2. The third-order valence-electron chi connectivity index (χ3n) is 5.75. The first-order chi connectivity index (χ1) is 16.7. The van der Waals surface area contributed by atoms with E-state index in [0.717, 1.165) is 5.56 Å². The fraction of sp³-hybridized carbons (Fsp3) is 0.292. The van der Waals surface area contributed by atoms with Crippen molar-refractivity contribution in [2.24, 2.45) is 0 Å². The van der Waals surface area contributed by atoms with Gasteiger partial charge in [-0.2, -0.15) is 0 Å². The molecule has 1 atom stereocenters. The topological polar surface area (TPSA) is 140 Å². The lowest BCUT2D eigenvalue weighted by atomic mass is 9.97. The second-order valence-electron chi connectivity index (χ2n) is 8.05. The number of aryl methyl sites for hydroxylation is 1. The number of para-hydroxylation sites is 1. The zero-order valence-electron chi connectivity index (χ0n) is 19.5. The average molecular weight is 499 g/mol. The van der Waals surface area contributed by atoms with Crippen LogP contribution >= 0.6 is 0 Å². The summed E-state index contributed by atoms with van der Waals surface area (Å²) in [7, 11) is -1.94. The highest BCUT2D eigenvalue weighted by molar-refractivity contribution is 7.92. The number of carbonyl (C=O) groups is 2. The molecule has 10 nitrogen and oxygen atoms in total. The van der Waals surface area contributed by atoms with Gasteiger partial charge in [-0.1, -0.05) is 18.2 Å². The molecular weight excluding hydrogens is 472 g/mol. The van der Waals surface area contributed by atoms with Gasteiger partial charge in [0, 0.05) is 18.2 Å². The normalized spacial score (nSPS) is 14.8. The lowest BCUT2D eigenvalue weighted by Gasteiger charge is -2.10. The molecule has 0 radical (unpaired) electrons. The van der Waals surface area contributed by atoms with E-state index >= 15 is 0 Å². The van der Waals surface area contributed by atoms with Gasteiger partial charge >= 0.3 is 0 Å². The van der Waals surface area contributed by atoms with Crippen molar-refractivity contribution >= 4 is 33.2 Å². The number of methoxy groups -OCH3 is 1. The molecule has 0 fully saturated rings. The molecule has 1 aromatic heterocycles. The quantitative estimate of drug-likeness (QED) is 0.412. The third-order valence-corrected chi connectivity index (χ3v) is 7.04. The second kappa shape index (κ2) is 9.79. The molecule has 0 spiro atoms. The third kappa shape index (κ3) is 5.29. The maximum atomic E-state index is 12.6. The number of sulfonamides is 1. The van der Waals surface area contributed by atoms with Crippen LogP contribution in [0.1, 0.15) is 36.3 Å². The van der Waals surface area contributed by atoms with Gasteiger partial charge in [0.05, 0.1) is 36.6 Å². The summed E-state index contributed by atoms with van der Waals surface area (Å²) in [6, 6.07) is 12.0. The highest BCUT2D eigenvalue weighted by Gasteiger charge is 2.32. The van der Waals surface area contributed by atoms with Crippen molar-refractivity contribution in [1.29, 1.82) is 0 Å². The second-order valence-corrected chi connectivity index (χ2v) is 10.1. The largest absolute Gasteiger partial charge is 0.497 e. The van der Waals surface area contributed by atoms with E-state index in [1.165, 1.54) is 0 Å². The number of hydrogen-bond donors (Lipinski definition) is 3. The number of hydrogen-bond acceptors (Lipinski definition) is 7. The number of aromatic nitrogens is 1. The van der Waals surface area contributed by atoms with Gasteiger partial charge in [-0.05, 0) is 37.6 Å². The molecule has 4 rings (SSSR count). The van der Waals surface area contributed by atoms with Crippen LogP contribution in [0.2, 0.25) is 0 Å². The molecular formula is C24H26N4O6S. The van der Waals surface area contributed by atoms with E-state index in [1.807, 2.05) is 0 Å². The Bertz CT molecular complexity index is 1380. The first-order valence-electron chi connectivity index (χ1n) is 11.0. The Balaban J connectivity index is 1.44. The van der Waals surface area contributed by atoms with Crippen LogP contribution in [-0.2, 0) is 26.2 Å². The van der Waals surface area contributed by atoms with Gasteiger partial charge < -0.3 is 19.8 Å². The van der Waals surface area contributed by atoms with Crippen molar-refractivity contribution in [3.8, 4) is 17.2 Å². The number of ether oxygens (including phenoxy) is 1. The van der Waals surface area contributed by atoms with E-state index in [9.17, 15) is 18.0 Å². The zero-order chi connectivity index (χ0) is 25.2. The molecule has 184 valence electrons. The van der Waals surface area contributed by atoms with Crippen molar-refractivity contribution in [3.63, 3.8) is 0 Å². The van der Waals surface area contributed by atoms with Gasteiger partial charge in [-0.3, -0.25) is 14.3 Å². The molecule has 2 aromatic carbocycles. The molecule has 2 heterocycles. The summed E-state index contributed by atoms with van der Waals surface area (Å²) < 4.78 is 37.5. The summed E-state index contributed by atoms with van der Waals surface area (Å²) in [6.07, 6.45) is -0.0173. The van der Waals surface area contributed by atoms with Crippen LogP contribution in [0.3, 0.4) is 0 Å². The van der Waals surface area contributed by atoms with E-state index in [4.69, 9.17) is 9.15 Å². The Kier molecular flexibility index (Phi) is 6.79. The first kappa shape index (κ1) is 24.3. The van der Waals surface area contributed by atoms with E-state index in [0.29, 0.717) is 34.1 Å². The monoisotopic (exact) mass is 498 g/mol. The molecule has 0 saturated carbocycles. The Morgan fingerprint density at radius 1 is 1.23 bits per heavy atom. The SMILES string of the molecule is CCS(=O)(=O)Nc1ccccc1-c1nc(CNC(=O)CC2C(=O)Nc3cc(OC)ccc32)c(C)o1. The number of rotatable bonds is 9. The molecule has 1 aliphatic rings. The van der Waals surface area contributed by atoms with Gasteiger partial charge in [0.1, 0.15) is 17.2 Å². The molecule has 0 saturated heterocycles. The molecule has 0 aliphatic carbocycles. The number of oxazole rings is 1. The van der Waals surface area contributed by atoms with Gasteiger partial charge in [-0.15, -0.1) is 0 Å². The number of carbonyl (C=O) groups excluding carboxylic acids is 2. The molecule has 3 aromatic rings. The van der Waals surface area contributed by atoms with Crippen molar-refractivity contribution in [2.45, 2.75) is 32.7 Å². The maximum absolute atomic E-state index is 12.6. The molecule has 1 unspecified atom stereocenters. The predicted molar refractivity (Wildman–Crippen MR) is 131 cm³/mol. The summed E-state index contributed by atoms with van der Waals surface area (Å²) in [4.78, 5) is 29.5. The fourth-order valence-corrected chi connectivity index (χ4v) is 4.44. The molecule has 3 N–H and O–H groups in total. The summed E-state index contributed by atoms with van der Waals surface area (Å²) in [5.74, 6) is 0.131. The van der Waals surface area contributed by atoms with Crippen molar-refractivity contribution in [3.05, 3.63) is 59.5 Å². The minimum absolute atomic E-state index is 0.0173. The number of nitrogens with one attached hydrogen (secondary N) is 3. The summed E-state index contributed by atoms with van der Waals surface area (Å²) in [5, 5.41) is 5.57. The Morgan fingerprint density at radius 3 is 2.74 bits per heavy atom. The maximum Gasteiger partial charge on any atom is 0.232 e. The summed E-state index contributed by atoms with van der Waals surface area (Å²) in [5.41, 5.74) is 2.73. The zero-order valence-corrected chi connectivity index (χ0v) is 20.4. The molecule has 2 amide bonds. The van der Waals surface area contributed by atoms with Gasteiger partial charge in [0.15, 0.2) is 0 Å². The average Bonchev–Trinajstić information content (AvgIpc) is 3.36. The van der Waals surface area contributed by atoms with Crippen LogP contribution in [0.5, 0.6) is 5.75 Å². The number of nitrogens with zero attached hydrogens (tertiary/aromatic N) is 1. The highest BCUT2D eigenvalue weighted by Crippen LogP contribution is 2.37. The fourth-order valence-electron chi connectivity index (χ4n) is 3.78. The van der Waals surface area contributed by atoms with Crippen LogP contribution in [0.25, 0.3) is 11.5 Å². The Labute approximate surface area is 203 Å². The Hall–Kier alpha value is -3.86. The van der Waals surface area contributed by atoms with Gasteiger partial charge in [0.25, 0.3) is 0 Å². The molecule has 35 heavy (non-hydrogen) atoms. The van der Waals surface area contributed by atoms with Crippen LogP contribution in [0, 0.1) is 6.92 Å². The van der Waals surface area contributed by atoms with E-state index in [1.54, 1.807) is 63.4 Å². The molecule has 0 bridgehead atoms. The van der Waals surface area contributed by atoms with Crippen LogP contribution in [0.4, 0.5) is 11.4 Å². The Morgan fingerprint density at radius 2 is 2.00 bits per heavy atom. The van der Waals surface area contributed by atoms with E-state index in [-0.39, 0.29) is 36.4 Å². The van der Waals surface area contributed by atoms with E-state index < -0.39 is 15.9 Å². The number of fused-ring (bicyclic) bond motifs is 1. The van der Waals surface area contributed by atoms with Crippen LogP contribution in [0.15, 0.2) is 46.9 Å². The van der Waals surface area contributed by atoms with Crippen molar-refractivity contribution in [2.75, 3.05) is 22.9 Å². The predicted octanol–water partition coefficient (Wildman–Crippen LogP) is 3.16. The lowest BCUT2D eigenvalue weighted by Crippen LogP contribution is -2.27. The standard InChI is InChI=1S/C24H26N4O6S/c1-4-35(31,32)28-19-8-6-5-7-17(19)24-27-21(14(2)34-24)13-25-22(29)12-18-16-10-9-15(33-3)11-20(16)26-23(18)30/h5-11,18,28H,4,12-13H2,1-3H3,(H,25,29)(H,26,30). The smallest absolute Gasteiger partial charge is 0.232 e. The number of anilines is 2. The van der Waals surface area contributed by atoms with Gasteiger partial charge in [-0.25, -0.2) is 13.4 Å². The van der Waals surface area contributed by atoms with Crippen LogP contribution in [-0.4, -0.2) is 38.1 Å². The minimum atomic E-state index is -3.49. The van der Waals surface area contributed by atoms with Gasteiger partial charge in [0.2, 0.25) is 27.7 Å². The molecule has 11 heteroatoms.